The maximum atomic E-state index is 12.2. The fourth-order valence-corrected chi connectivity index (χ4v) is 2.90. The van der Waals surface area contributed by atoms with Gasteiger partial charge in [-0.2, -0.15) is 0 Å². The van der Waals surface area contributed by atoms with Crippen LogP contribution in [0.1, 0.15) is 16.1 Å². The van der Waals surface area contributed by atoms with E-state index >= 15 is 0 Å². The van der Waals surface area contributed by atoms with E-state index in [0.717, 1.165) is 11.3 Å². The molecule has 8 heteroatoms. The van der Waals surface area contributed by atoms with Gasteiger partial charge in [0, 0.05) is 16.3 Å². The highest BCUT2D eigenvalue weighted by molar-refractivity contribution is 7.80. The number of thiocarbonyl (C=S) groups is 1. The van der Waals surface area contributed by atoms with Crippen LogP contribution in [0.5, 0.6) is 0 Å². The Morgan fingerprint density at radius 2 is 1.85 bits per heavy atom. The zero-order chi connectivity index (χ0) is 19.4. The zero-order valence-electron chi connectivity index (χ0n) is 14.2. The third kappa shape index (κ3) is 5.01. The summed E-state index contributed by atoms with van der Waals surface area (Å²) >= 11 is 17.3. The number of carbonyl (C=O) groups excluding carboxylic acids is 1. The first-order valence-electron chi connectivity index (χ1n) is 7.91. The van der Waals surface area contributed by atoms with E-state index in [2.05, 4.69) is 16.2 Å². The van der Waals surface area contributed by atoms with E-state index in [1.54, 1.807) is 30.3 Å². The Labute approximate surface area is 171 Å². The largest absolute Gasteiger partial charge is 0.451 e. The van der Waals surface area contributed by atoms with Crippen molar-refractivity contribution < 1.29 is 9.21 Å². The van der Waals surface area contributed by atoms with E-state index in [9.17, 15) is 4.79 Å². The summed E-state index contributed by atoms with van der Waals surface area (Å²) in [7, 11) is 0. The van der Waals surface area contributed by atoms with Gasteiger partial charge in [0.25, 0.3) is 0 Å². The van der Waals surface area contributed by atoms with E-state index in [1.807, 2.05) is 31.2 Å². The molecule has 0 spiro atoms. The van der Waals surface area contributed by atoms with E-state index in [4.69, 9.17) is 39.8 Å². The number of furan rings is 1. The number of nitrogens with one attached hydrogen (secondary N) is 3. The number of hydrazine groups is 1. The lowest BCUT2D eigenvalue weighted by molar-refractivity contribution is 0.0917. The second-order valence-electron chi connectivity index (χ2n) is 5.69. The van der Waals surface area contributed by atoms with Crippen molar-refractivity contribution in [1.82, 2.24) is 10.9 Å². The fraction of sp³-hybridized carbons (Fsp3) is 0.0526. The molecule has 0 radical (unpaired) electrons. The highest BCUT2D eigenvalue weighted by Gasteiger charge is 2.14. The molecule has 2 aromatic carbocycles. The van der Waals surface area contributed by atoms with Crippen molar-refractivity contribution in [3.05, 3.63) is 76.0 Å². The van der Waals surface area contributed by atoms with Crippen LogP contribution in [-0.2, 0) is 0 Å². The molecule has 0 aliphatic carbocycles. The van der Waals surface area contributed by atoms with Crippen LogP contribution in [0.4, 0.5) is 5.69 Å². The molecule has 1 amide bonds. The summed E-state index contributed by atoms with van der Waals surface area (Å²) < 4.78 is 5.57. The van der Waals surface area contributed by atoms with Crippen LogP contribution in [0.25, 0.3) is 11.3 Å². The lowest BCUT2D eigenvalue weighted by atomic mass is 10.2. The molecule has 3 N–H and O–H groups in total. The van der Waals surface area contributed by atoms with Crippen LogP contribution in [0.15, 0.2) is 59.0 Å². The molecule has 0 aliphatic rings. The predicted molar refractivity (Wildman–Crippen MR) is 112 cm³/mol. The first-order chi connectivity index (χ1) is 12.9. The van der Waals surface area contributed by atoms with Crippen molar-refractivity contribution in [2.75, 3.05) is 5.32 Å². The Hall–Kier alpha value is -2.54. The summed E-state index contributed by atoms with van der Waals surface area (Å²) in [4.78, 5) is 12.2. The van der Waals surface area contributed by atoms with Crippen molar-refractivity contribution >= 4 is 52.1 Å². The van der Waals surface area contributed by atoms with Gasteiger partial charge in [0.05, 0.1) is 5.02 Å². The summed E-state index contributed by atoms with van der Waals surface area (Å²) in [6.45, 7) is 1.98. The van der Waals surface area contributed by atoms with E-state index in [-0.39, 0.29) is 10.9 Å². The van der Waals surface area contributed by atoms with Crippen molar-refractivity contribution in [2.45, 2.75) is 6.92 Å². The lowest BCUT2D eigenvalue weighted by Crippen LogP contribution is -2.43. The quantitative estimate of drug-likeness (QED) is 0.402. The monoisotopic (exact) mass is 419 g/mol. The van der Waals surface area contributed by atoms with Crippen molar-refractivity contribution in [1.29, 1.82) is 0 Å². The number of anilines is 1. The van der Waals surface area contributed by atoms with Crippen LogP contribution in [0, 0.1) is 6.92 Å². The Morgan fingerprint density at radius 1 is 1.04 bits per heavy atom. The molecule has 27 heavy (non-hydrogen) atoms. The molecule has 3 rings (SSSR count). The standard InChI is InChI=1S/C19H15Cl2N3O2S/c1-11-3-2-4-13(9-11)22-19(27)24-23-18(25)17-8-7-16(26-17)14-10-12(20)5-6-15(14)21/h2-10H,1H3,(H,23,25)(H2,22,24,27). The van der Waals surface area contributed by atoms with Gasteiger partial charge < -0.3 is 9.73 Å². The molecule has 0 saturated carbocycles. The first-order valence-corrected chi connectivity index (χ1v) is 9.08. The molecule has 1 aromatic heterocycles. The highest BCUT2D eigenvalue weighted by Crippen LogP contribution is 2.31. The summed E-state index contributed by atoms with van der Waals surface area (Å²) in [6.07, 6.45) is 0. The van der Waals surface area contributed by atoms with E-state index in [0.29, 0.717) is 21.4 Å². The van der Waals surface area contributed by atoms with Gasteiger partial charge in [0.15, 0.2) is 10.9 Å². The highest BCUT2D eigenvalue weighted by atomic mass is 35.5. The lowest BCUT2D eigenvalue weighted by Gasteiger charge is -2.11. The van der Waals surface area contributed by atoms with E-state index in [1.165, 1.54) is 0 Å². The maximum Gasteiger partial charge on any atom is 0.305 e. The summed E-state index contributed by atoms with van der Waals surface area (Å²) in [6, 6.07) is 15.9. The summed E-state index contributed by atoms with van der Waals surface area (Å²) in [5.74, 6) is 0.0628. The number of aryl methyl sites for hydroxylation is 1. The molecule has 0 fully saturated rings. The van der Waals surface area contributed by atoms with Gasteiger partial charge in [0.2, 0.25) is 0 Å². The topological polar surface area (TPSA) is 66.3 Å². The molecule has 0 aliphatic heterocycles. The van der Waals surface area contributed by atoms with Gasteiger partial charge in [-0.05, 0) is 67.2 Å². The van der Waals surface area contributed by atoms with Gasteiger partial charge in [0.1, 0.15) is 5.76 Å². The maximum absolute atomic E-state index is 12.2. The third-order valence-corrected chi connectivity index (χ3v) is 4.36. The van der Waals surface area contributed by atoms with E-state index < -0.39 is 5.91 Å². The number of amides is 1. The molecular weight excluding hydrogens is 405 g/mol. The van der Waals surface area contributed by atoms with Gasteiger partial charge >= 0.3 is 5.91 Å². The molecule has 0 saturated heterocycles. The molecular formula is C19H15Cl2N3O2S. The molecule has 3 aromatic rings. The SMILES string of the molecule is Cc1cccc(NC(=S)NNC(=O)c2ccc(-c3cc(Cl)ccc3Cl)o2)c1. The minimum atomic E-state index is -0.479. The first kappa shape index (κ1) is 19.2. The minimum Gasteiger partial charge on any atom is -0.451 e. The molecule has 5 nitrogen and oxygen atoms in total. The average Bonchev–Trinajstić information content (AvgIpc) is 3.12. The van der Waals surface area contributed by atoms with Gasteiger partial charge in [-0.25, -0.2) is 0 Å². The summed E-state index contributed by atoms with van der Waals surface area (Å²) in [5.41, 5.74) is 7.62. The number of benzene rings is 2. The number of hydrogen-bond acceptors (Lipinski definition) is 3. The van der Waals surface area contributed by atoms with Gasteiger partial charge in [-0.15, -0.1) is 0 Å². The molecule has 0 atom stereocenters. The van der Waals surface area contributed by atoms with Crippen molar-refractivity contribution in [3.63, 3.8) is 0 Å². The molecule has 0 unspecified atom stereocenters. The van der Waals surface area contributed by atoms with Crippen LogP contribution >= 0.6 is 35.4 Å². The Bertz CT molecular complexity index is 1000. The molecule has 138 valence electrons. The number of carbonyl (C=O) groups is 1. The Kier molecular flexibility index (Phi) is 6.01. The third-order valence-electron chi connectivity index (χ3n) is 3.59. The normalized spacial score (nSPS) is 10.3. The predicted octanol–water partition coefficient (Wildman–Crippen LogP) is 5.19. The second kappa shape index (κ2) is 8.43. The van der Waals surface area contributed by atoms with Crippen LogP contribution in [0.2, 0.25) is 10.0 Å². The van der Waals surface area contributed by atoms with Crippen molar-refractivity contribution in [2.24, 2.45) is 0 Å². The average molecular weight is 420 g/mol. The fourth-order valence-electron chi connectivity index (χ4n) is 2.35. The number of halogens is 2. The Balaban J connectivity index is 1.61. The molecule has 1 heterocycles. The van der Waals surface area contributed by atoms with Crippen molar-refractivity contribution in [3.8, 4) is 11.3 Å². The van der Waals surface area contributed by atoms with Crippen LogP contribution in [0.3, 0.4) is 0 Å². The number of rotatable bonds is 3. The van der Waals surface area contributed by atoms with Gasteiger partial charge in [-0.1, -0.05) is 35.3 Å². The Morgan fingerprint density at radius 3 is 2.63 bits per heavy atom. The number of hydrogen-bond donors (Lipinski definition) is 3. The van der Waals surface area contributed by atoms with Crippen LogP contribution in [-0.4, -0.2) is 11.0 Å². The second-order valence-corrected chi connectivity index (χ2v) is 6.94. The minimum absolute atomic E-state index is 0.104. The van der Waals surface area contributed by atoms with Gasteiger partial charge in [-0.3, -0.25) is 15.6 Å². The summed E-state index contributed by atoms with van der Waals surface area (Å²) in [5, 5.41) is 4.22. The zero-order valence-corrected chi connectivity index (χ0v) is 16.5. The smallest absolute Gasteiger partial charge is 0.305 e. The van der Waals surface area contributed by atoms with Crippen LogP contribution < -0.4 is 16.2 Å². The molecule has 0 bridgehead atoms.